The molecule has 0 spiro atoms. The molecule has 1 rings (SSSR count). The molecular formula is C13H16ClNO3. The van der Waals surface area contributed by atoms with Crippen LogP contribution in [0.1, 0.15) is 18.4 Å². The number of nitrogens with zero attached hydrogens (tertiary/aromatic N) is 1. The molecule has 18 heavy (non-hydrogen) atoms. The molecule has 0 heterocycles. The van der Waals surface area contributed by atoms with E-state index in [1.807, 2.05) is 24.3 Å². The topological polar surface area (TPSA) is 57.6 Å². The van der Waals surface area contributed by atoms with Crippen LogP contribution >= 0.6 is 11.6 Å². The zero-order valence-corrected chi connectivity index (χ0v) is 11.0. The van der Waals surface area contributed by atoms with Crippen LogP contribution in [0.15, 0.2) is 24.3 Å². The van der Waals surface area contributed by atoms with Gasteiger partial charge in [-0.1, -0.05) is 23.7 Å². The highest BCUT2D eigenvalue weighted by Crippen LogP contribution is 2.11. The van der Waals surface area contributed by atoms with Crippen LogP contribution in [0.25, 0.3) is 0 Å². The van der Waals surface area contributed by atoms with Crippen LogP contribution in [0.5, 0.6) is 0 Å². The third-order valence-electron chi connectivity index (χ3n) is 2.57. The molecule has 5 heteroatoms. The molecular weight excluding hydrogens is 254 g/mol. The molecule has 0 aliphatic heterocycles. The lowest BCUT2D eigenvalue weighted by Crippen LogP contribution is -2.31. The molecule has 1 aromatic carbocycles. The number of carbonyl (C=O) groups excluding carboxylic acids is 1. The van der Waals surface area contributed by atoms with Crippen LogP contribution in [0.2, 0.25) is 5.02 Å². The molecule has 1 aromatic rings. The SMILES string of the molecule is CN(CC(=O)O)C(=O)CCCc1ccc(Cl)cc1. The maximum Gasteiger partial charge on any atom is 0.323 e. The standard InChI is InChI=1S/C13H16ClNO3/c1-15(9-13(17)18)12(16)4-2-3-10-5-7-11(14)8-6-10/h5-8H,2-4,9H2,1H3,(H,17,18). The van der Waals surface area contributed by atoms with Crippen molar-refractivity contribution in [2.45, 2.75) is 19.3 Å². The van der Waals surface area contributed by atoms with Gasteiger partial charge in [0.05, 0.1) is 0 Å². The second-order valence-corrected chi connectivity index (χ2v) is 4.56. The van der Waals surface area contributed by atoms with Crippen molar-refractivity contribution in [2.24, 2.45) is 0 Å². The van der Waals surface area contributed by atoms with Crippen molar-refractivity contribution in [1.29, 1.82) is 0 Å². The summed E-state index contributed by atoms with van der Waals surface area (Å²) in [6.07, 6.45) is 1.83. The zero-order valence-electron chi connectivity index (χ0n) is 10.2. The largest absolute Gasteiger partial charge is 0.480 e. The van der Waals surface area contributed by atoms with E-state index in [4.69, 9.17) is 16.7 Å². The number of hydrogen-bond acceptors (Lipinski definition) is 2. The Bertz CT molecular complexity index is 417. The van der Waals surface area contributed by atoms with Crippen LogP contribution < -0.4 is 0 Å². The fraction of sp³-hybridized carbons (Fsp3) is 0.385. The van der Waals surface area contributed by atoms with Crippen molar-refractivity contribution >= 4 is 23.5 Å². The van der Waals surface area contributed by atoms with Crippen LogP contribution in [0.4, 0.5) is 0 Å². The van der Waals surface area contributed by atoms with Crippen LogP contribution in [0, 0.1) is 0 Å². The second kappa shape index (κ2) is 7.01. The minimum absolute atomic E-state index is 0.147. The van der Waals surface area contributed by atoms with Crippen molar-refractivity contribution < 1.29 is 14.7 Å². The number of amides is 1. The van der Waals surface area contributed by atoms with Gasteiger partial charge in [0.15, 0.2) is 0 Å². The lowest BCUT2D eigenvalue weighted by Gasteiger charge is -2.14. The smallest absolute Gasteiger partial charge is 0.323 e. The molecule has 0 bridgehead atoms. The molecule has 0 aliphatic carbocycles. The number of likely N-dealkylation sites (N-methyl/N-ethyl adjacent to an activating group) is 1. The zero-order chi connectivity index (χ0) is 13.5. The van der Waals surface area contributed by atoms with Crippen molar-refractivity contribution in [3.05, 3.63) is 34.9 Å². The quantitative estimate of drug-likeness (QED) is 0.861. The molecule has 0 saturated heterocycles. The Morgan fingerprint density at radius 3 is 2.44 bits per heavy atom. The molecule has 0 aromatic heterocycles. The molecule has 0 unspecified atom stereocenters. The van der Waals surface area contributed by atoms with E-state index < -0.39 is 5.97 Å². The summed E-state index contributed by atoms with van der Waals surface area (Å²) in [6, 6.07) is 7.48. The van der Waals surface area contributed by atoms with E-state index in [2.05, 4.69) is 0 Å². The number of benzene rings is 1. The number of carboxylic acid groups (broad SMARTS) is 1. The Kier molecular flexibility index (Phi) is 5.65. The lowest BCUT2D eigenvalue weighted by molar-refractivity contribution is -0.143. The Hall–Kier alpha value is -1.55. The number of carbonyl (C=O) groups is 2. The Labute approximate surface area is 111 Å². The number of hydrogen-bond donors (Lipinski definition) is 1. The van der Waals surface area contributed by atoms with Gasteiger partial charge in [-0.2, -0.15) is 0 Å². The molecule has 0 saturated carbocycles. The summed E-state index contributed by atoms with van der Waals surface area (Å²) in [5.41, 5.74) is 1.12. The summed E-state index contributed by atoms with van der Waals surface area (Å²) in [6.45, 7) is -0.250. The predicted molar refractivity (Wildman–Crippen MR) is 69.7 cm³/mol. The van der Waals surface area contributed by atoms with Gasteiger partial charge in [-0.25, -0.2) is 0 Å². The average molecular weight is 270 g/mol. The van der Waals surface area contributed by atoms with E-state index in [9.17, 15) is 9.59 Å². The van der Waals surface area contributed by atoms with Crippen molar-refractivity contribution in [1.82, 2.24) is 4.90 Å². The van der Waals surface area contributed by atoms with E-state index in [1.165, 1.54) is 11.9 Å². The molecule has 4 nitrogen and oxygen atoms in total. The van der Waals surface area contributed by atoms with Gasteiger partial charge in [-0.15, -0.1) is 0 Å². The lowest BCUT2D eigenvalue weighted by atomic mass is 10.1. The fourth-order valence-electron chi connectivity index (χ4n) is 1.58. The first kappa shape index (κ1) is 14.5. The number of aryl methyl sites for hydroxylation is 1. The summed E-state index contributed by atoms with van der Waals surface area (Å²) in [4.78, 5) is 23.2. The van der Waals surface area contributed by atoms with Crippen LogP contribution in [0.3, 0.4) is 0 Å². The summed E-state index contributed by atoms with van der Waals surface area (Å²) in [5.74, 6) is -1.14. The summed E-state index contributed by atoms with van der Waals surface area (Å²) < 4.78 is 0. The van der Waals surface area contributed by atoms with Crippen LogP contribution in [-0.2, 0) is 16.0 Å². The molecule has 0 radical (unpaired) electrons. The van der Waals surface area contributed by atoms with E-state index >= 15 is 0 Å². The first-order chi connectivity index (χ1) is 8.49. The highest BCUT2D eigenvalue weighted by molar-refractivity contribution is 6.30. The molecule has 98 valence electrons. The van der Waals surface area contributed by atoms with Gasteiger partial charge < -0.3 is 10.0 Å². The van der Waals surface area contributed by atoms with Gasteiger partial charge in [-0.3, -0.25) is 9.59 Å². The number of rotatable bonds is 6. The fourth-order valence-corrected chi connectivity index (χ4v) is 1.70. The van der Waals surface area contributed by atoms with E-state index in [0.29, 0.717) is 17.9 Å². The van der Waals surface area contributed by atoms with Gasteiger partial charge in [0.2, 0.25) is 5.91 Å². The molecule has 1 amide bonds. The van der Waals surface area contributed by atoms with E-state index in [0.717, 1.165) is 12.0 Å². The van der Waals surface area contributed by atoms with Gasteiger partial charge >= 0.3 is 5.97 Å². The normalized spacial score (nSPS) is 10.1. The molecule has 0 aliphatic rings. The number of halogens is 1. The second-order valence-electron chi connectivity index (χ2n) is 4.12. The van der Waals surface area contributed by atoms with Gasteiger partial charge in [0.1, 0.15) is 6.54 Å². The van der Waals surface area contributed by atoms with E-state index in [1.54, 1.807) is 0 Å². The molecule has 0 atom stereocenters. The van der Waals surface area contributed by atoms with E-state index in [-0.39, 0.29) is 12.5 Å². The van der Waals surface area contributed by atoms with Gasteiger partial charge in [0.25, 0.3) is 0 Å². The number of carboxylic acids is 1. The van der Waals surface area contributed by atoms with Crippen molar-refractivity contribution in [2.75, 3.05) is 13.6 Å². The first-order valence-electron chi connectivity index (χ1n) is 5.69. The minimum Gasteiger partial charge on any atom is -0.480 e. The highest BCUT2D eigenvalue weighted by Gasteiger charge is 2.11. The predicted octanol–water partition coefficient (Wildman–Crippen LogP) is 2.21. The number of aliphatic carboxylic acids is 1. The third-order valence-corrected chi connectivity index (χ3v) is 2.82. The first-order valence-corrected chi connectivity index (χ1v) is 6.07. The van der Waals surface area contributed by atoms with Gasteiger partial charge in [0, 0.05) is 18.5 Å². The molecule has 1 N–H and O–H groups in total. The minimum atomic E-state index is -0.997. The van der Waals surface area contributed by atoms with Gasteiger partial charge in [-0.05, 0) is 30.5 Å². The van der Waals surface area contributed by atoms with Crippen LogP contribution in [-0.4, -0.2) is 35.5 Å². The monoisotopic (exact) mass is 269 g/mol. The molecule has 0 fully saturated rings. The maximum absolute atomic E-state index is 11.6. The Morgan fingerprint density at radius 2 is 1.89 bits per heavy atom. The Balaban J connectivity index is 2.31. The Morgan fingerprint density at radius 1 is 1.28 bits per heavy atom. The maximum atomic E-state index is 11.6. The van der Waals surface area contributed by atoms with Crippen molar-refractivity contribution in [3.8, 4) is 0 Å². The summed E-state index contributed by atoms with van der Waals surface area (Å²) in [7, 11) is 1.50. The van der Waals surface area contributed by atoms with Crippen molar-refractivity contribution in [3.63, 3.8) is 0 Å². The highest BCUT2D eigenvalue weighted by atomic mass is 35.5. The third kappa shape index (κ3) is 5.19. The summed E-state index contributed by atoms with van der Waals surface area (Å²) >= 11 is 5.77. The summed E-state index contributed by atoms with van der Waals surface area (Å²) in [5, 5.41) is 9.25. The average Bonchev–Trinajstić information content (AvgIpc) is 2.30.